The number of aliphatic hydroxyl groups is 1. The van der Waals surface area contributed by atoms with E-state index in [4.69, 9.17) is 20.3 Å². The van der Waals surface area contributed by atoms with Gasteiger partial charge in [-0.2, -0.15) is 0 Å². The van der Waals surface area contributed by atoms with Crippen molar-refractivity contribution in [3.63, 3.8) is 0 Å². The minimum absolute atomic E-state index is 0.0998. The average molecular weight is 290 g/mol. The van der Waals surface area contributed by atoms with Gasteiger partial charge in [0, 0.05) is 12.6 Å². The van der Waals surface area contributed by atoms with E-state index >= 15 is 0 Å². The maximum atomic E-state index is 12.1. The number of hydrogen-bond donors (Lipinski definition) is 3. The van der Waals surface area contributed by atoms with E-state index in [0.717, 1.165) is 0 Å². The topological polar surface area (TPSA) is 111 Å². The molecule has 1 atom stereocenters. The normalized spacial score (nSPS) is 13.1. The van der Waals surface area contributed by atoms with E-state index in [1.807, 2.05) is 0 Å². The fraction of sp³-hybridized carbons (Fsp3) is 0.455. The Morgan fingerprint density at radius 2 is 1.89 bits per heavy atom. The van der Waals surface area contributed by atoms with E-state index in [9.17, 15) is 8.42 Å². The first-order valence-electron chi connectivity index (χ1n) is 5.51. The molecule has 7 nitrogen and oxygen atoms in total. The van der Waals surface area contributed by atoms with E-state index in [0.29, 0.717) is 5.75 Å². The van der Waals surface area contributed by atoms with E-state index in [-0.39, 0.29) is 22.9 Å². The molecule has 0 bridgehead atoms. The van der Waals surface area contributed by atoms with Crippen LogP contribution in [0, 0.1) is 0 Å². The Labute approximate surface area is 112 Å². The fourth-order valence-corrected chi connectivity index (χ4v) is 2.72. The zero-order chi connectivity index (χ0) is 14.6. The van der Waals surface area contributed by atoms with Gasteiger partial charge in [0.1, 0.15) is 16.4 Å². The van der Waals surface area contributed by atoms with Gasteiger partial charge in [0.25, 0.3) is 0 Å². The second-order valence-corrected chi connectivity index (χ2v) is 5.68. The molecule has 1 rings (SSSR count). The molecule has 0 aromatic heterocycles. The molecule has 0 spiro atoms. The number of aliphatic hydroxyl groups excluding tert-OH is 1. The molecule has 0 aliphatic heterocycles. The highest BCUT2D eigenvalue weighted by Crippen LogP contribution is 2.33. The van der Waals surface area contributed by atoms with Gasteiger partial charge in [0.05, 0.1) is 26.0 Å². The number of nitrogens with one attached hydrogen (secondary N) is 1. The Kier molecular flexibility index (Phi) is 4.98. The minimum atomic E-state index is -3.82. The molecule has 8 heteroatoms. The van der Waals surface area contributed by atoms with Crippen LogP contribution in [0.15, 0.2) is 17.0 Å². The van der Waals surface area contributed by atoms with E-state index in [1.165, 1.54) is 33.3 Å². The van der Waals surface area contributed by atoms with Crippen molar-refractivity contribution in [3.05, 3.63) is 12.1 Å². The van der Waals surface area contributed by atoms with Gasteiger partial charge in [0.2, 0.25) is 10.0 Å². The van der Waals surface area contributed by atoms with Crippen LogP contribution in [0.2, 0.25) is 0 Å². The molecule has 108 valence electrons. The summed E-state index contributed by atoms with van der Waals surface area (Å²) in [7, 11) is -1.05. The SMILES string of the molecule is COc1cc(OC)c(S(=O)(=O)NC[C@H](C)O)cc1N. The Morgan fingerprint density at radius 3 is 2.37 bits per heavy atom. The van der Waals surface area contributed by atoms with Crippen molar-refractivity contribution in [1.29, 1.82) is 0 Å². The van der Waals surface area contributed by atoms with Crippen LogP contribution in [0.3, 0.4) is 0 Å². The molecule has 0 aliphatic rings. The minimum Gasteiger partial charge on any atom is -0.495 e. The summed E-state index contributed by atoms with van der Waals surface area (Å²) in [5.41, 5.74) is 5.87. The first-order chi connectivity index (χ1) is 8.81. The van der Waals surface area contributed by atoms with Crippen LogP contribution < -0.4 is 19.9 Å². The highest BCUT2D eigenvalue weighted by Gasteiger charge is 2.22. The van der Waals surface area contributed by atoms with Gasteiger partial charge in [-0.1, -0.05) is 0 Å². The number of benzene rings is 1. The summed E-state index contributed by atoms with van der Waals surface area (Å²) >= 11 is 0. The fourth-order valence-electron chi connectivity index (χ4n) is 1.41. The predicted octanol–water partition coefficient (Wildman–Crippen LogP) is -0.0549. The number of nitrogens with two attached hydrogens (primary N) is 1. The molecule has 0 unspecified atom stereocenters. The van der Waals surface area contributed by atoms with Gasteiger partial charge in [-0.25, -0.2) is 13.1 Å². The molecular weight excluding hydrogens is 272 g/mol. The number of sulfonamides is 1. The molecule has 0 heterocycles. The molecule has 0 fully saturated rings. The van der Waals surface area contributed by atoms with Crippen LogP contribution >= 0.6 is 0 Å². The van der Waals surface area contributed by atoms with Crippen molar-refractivity contribution in [3.8, 4) is 11.5 Å². The number of methoxy groups -OCH3 is 2. The molecule has 1 aromatic carbocycles. The molecule has 0 aliphatic carbocycles. The van der Waals surface area contributed by atoms with Crippen LogP contribution in [0.25, 0.3) is 0 Å². The molecular formula is C11H18N2O5S. The van der Waals surface area contributed by atoms with Gasteiger partial charge in [-0.3, -0.25) is 0 Å². The van der Waals surface area contributed by atoms with Crippen LogP contribution in [-0.2, 0) is 10.0 Å². The second-order valence-electron chi connectivity index (χ2n) is 3.95. The van der Waals surface area contributed by atoms with Crippen molar-refractivity contribution in [2.75, 3.05) is 26.5 Å². The summed E-state index contributed by atoms with van der Waals surface area (Å²) < 4.78 is 36.4. The Bertz CT molecular complexity index is 542. The summed E-state index contributed by atoms with van der Waals surface area (Å²) in [6.45, 7) is 1.37. The standard InChI is InChI=1S/C11H18N2O5S/c1-7(14)6-13-19(15,16)11-4-8(12)9(17-2)5-10(11)18-3/h4-5,7,13-14H,6,12H2,1-3H3/t7-/m0/s1. The molecule has 19 heavy (non-hydrogen) atoms. The molecule has 1 aromatic rings. The molecule has 0 amide bonds. The lowest BCUT2D eigenvalue weighted by atomic mass is 10.3. The zero-order valence-corrected chi connectivity index (χ0v) is 11.8. The average Bonchev–Trinajstić information content (AvgIpc) is 2.36. The highest BCUT2D eigenvalue weighted by atomic mass is 32.2. The maximum Gasteiger partial charge on any atom is 0.244 e. The lowest BCUT2D eigenvalue weighted by Crippen LogP contribution is -2.31. The third-order valence-electron chi connectivity index (χ3n) is 2.37. The van der Waals surface area contributed by atoms with Crippen LogP contribution in [0.1, 0.15) is 6.92 Å². The van der Waals surface area contributed by atoms with Gasteiger partial charge in [-0.15, -0.1) is 0 Å². The number of hydrogen-bond acceptors (Lipinski definition) is 6. The van der Waals surface area contributed by atoms with Gasteiger partial charge in [-0.05, 0) is 13.0 Å². The number of nitrogen functional groups attached to an aromatic ring is 1. The van der Waals surface area contributed by atoms with Crippen LogP contribution in [-0.4, -0.2) is 40.4 Å². The molecule has 0 saturated heterocycles. The molecule has 4 N–H and O–H groups in total. The number of rotatable bonds is 6. The Balaban J connectivity index is 3.22. The van der Waals surface area contributed by atoms with Crippen molar-refractivity contribution < 1.29 is 23.0 Å². The third-order valence-corrected chi connectivity index (χ3v) is 3.82. The zero-order valence-electron chi connectivity index (χ0n) is 11.0. The monoisotopic (exact) mass is 290 g/mol. The Hall–Kier alpha value is -1.51. The first kappa shape index (κ1) is 15.5. The largest absolute Gasteiger partial charge is 0.495 e. The first-order valence-corrected chi connectivity index (χ1v) is 6.99. The van der Waals surface area contributed by atoms with Crippen LogP contribution in [0.4, 0.5) is 5.69 Å². The van der Waals surface area contributed by atoms with Gasteiger partial charge < -0.3 is 20.3 Å². The van der Waals surface area contributed by atoms with E-state index in [2.05, 4.69) is 4.72 Å². The smallest absolute Gasteiger partial charge is 0.244 e. The summed E-state index contributed by atoms with van der Waals surface area (Å²) in [5, 5.41) is 9.12. The quantitative estimate of drug-likeness (QED) is 0.633. The van der Waals surface area contributed by atoms with E-state index in [1.54, 1.807) is 0 Å². The number of ether oxygens (including phenoxy) is 2. The maximum absolute atomic E-state index is 12.1. The van der Waals surface area contributed by atoms with Gasteiger partial charge in [0.15, 0.2) is 0 Å². The Morgan fingerprint density at radius 1 is 1.32 bits per heavy atom. The van der Waals surface area contributed by atoms with Gasteiger partial charge >= 0.3 is 0 Å². The van der Waals surface area contributed by atoms with Crippen molar-refractivity contribution >= 4 is 15.7 Å². The lowest BCUT2D eigenvalue weighted by molar-refractivity contribution is 0.198. The summed E-state index contributed by atoms with van der Waals surface area (Å²) in [6, 6.07) is 2.65. The molecule has 0 radical (unpaired) electrons. The summed E-state index contributed by atoms with van der Waals surface area (Å²) in [5.74, 6) is 0.440. The number of anilines is 1. The lowest BCUT2D eigenvalue weighted by Gasteiger charge is -2.14. The second kappa shape index (κ2) is 6.09. The van der Waals surface area contributed by atoms with Crippen LogP contribution in [0.5, 0.6) is 11.5 Å². The van der Waals surface area contributed by atoms with Crippen molar-refractivity contribution in [2.24, 2.45) is 0 Å². The van der Waals surface area contributed by atoms with Crippen molar-refractivity contribution in [2.45, 2.75) is 17.9 Å². The summed E-state index contributed by atoms with van der Waals surface area (Å²) in [6.07, 6.45) is -0.795. The van der Waals surface area contributed by atoms with Crippen molar-refractivity contribution in [1.82, 2.24) is 4.72 Å². The molecule has 0 saturated carbocycles. The van der Waals surface area contributed by atoms with E-state index < -0.39 is 16.1 Å². The predicted molar refractivity (Wildman–Crippen MR) is 70.8 cm³/mol. The summed E-state index contributed by atoms with van der Waals surface area (Å²) in [4.78, 5) is -0.103. The third kappa shape index (κ3) is 3.72. The highest BCUT2D eigenvalue weighted by molar-refractivity contribution is 7.89.